The maximum atomic E-state index is 13.8. The van der Waals surface area contributed by atoms with Gasteiger partial charge in [0.2, 0.25) is 0 Å². The number of methoxy groups -OCH3 is 1. The van der Waals surface area contributed by atoms with E-state index in [0.29, 0.717) is 30.9 Å². The summed E-state index contributed by atoms with van der Waals surface area (Å²) in [5, 5.41) is 9.43. The molecule has 3 aromatic rings. The maximum Gasteiger partial charge on any atom is 0.191 e. The molecule has 0 saturated heterocycles. The van der Waals surface area contributed by atoms with Crippen LogP contribution in [-0.2, 0) is 23.5 Å². The Kier molecular flexibility index (Phi) is 6.19. The summed E-state index contributed by atoms with van der Waals surface area (Å²) in [5.41, 5.74) is 1.85. The van der Waals surface area contributed by atoms with Crippen LogP contribution in [0.15, 0.2) is 59.8 Å². The number of nitrogens with zero attached hydrogens (tertiary/aromatic N) is 3. The molecule has 0 radical (unpaired) electrons. The first kappa shape index (κ1) is 17.6. The SMILES string of the molecule is COCCn1c(Cc2ccccc2)nnc1SCc1ccccc1F. The van der Waals surface area contributed by atoms with Crippen LogP contribution in [0.5, 0.6) is 0 Å². The van der Waals surface area contributed by atoms with E-state index in [1.807, 2.05) is 24.3 Å². The molecule has 0 amide bonds. The van der Waals surface area contributed by atoms with Crippen LogP contribution in [0.1, 0.15) is 17.0 Å². The highest BCUT2D eigenvalue weighted by atomic mass is 32.2. The van der Waals surface area contributed by atoms with Crippen molar-refractivity contribution in [2.24, 2.45) is 0 Å². The standard InChI is InChI=1S/C19H20FN3OS/c1-24-12-11-23-18(13-15-7-3-2-4-8-15)21-22-19(23)25-14-16-9-5-6-10-17(16)20/h2-10H,11-14H2,1H3. The summed E-state index contributed by atoms with van der Waals surface area (Å²) in [6, 6.07) is 17.0. The topological polar surface area (TPSA) is 39.9 Å². The lowest BCUT2D eigenvalue weighted by Crippen LogP contribution is -2.10. The summed E-state index contributed by atoms with van der Waals surface area (Å²) in [5.74, 6) is 1.21. The Morgan fingerprint density at radius 2 is 1.80 bits per heavy atom. The molecular weight excluding hydrogens is 337 g/mol. The minimum Gasteiger partial charge on any atom is -0.383 e. The lowest BCUT2D eigenvalue weighted by Gasteiger charge is -2.10. The smallest absolute Gasteiger partial charge is 0.191 e. The minimum atomic E-state index is -0.192. The van der Waals surface area contributed by atoms with Gasteiger partial charge in [0.25, 0.3) is 0 Å². The number of halogens is 1. The molecule has 0 fully saturated rings. The minimum absolute atomic E-state index is 0.192. The maximum absolute atomic E-state index is 13.8. The molecule has 130 valence electrons. The molecule has 0 unspecified atom stereocenters. The monoisotopic (exact) mass is 357 g/mol. The van der Waals surface area contributed by atoms with Crippen LogP contribution in [-0.4, -0.2) is 28.5 Å². The van der Waals surface area contributed by atoms with Crippen molar-refractivity contribution >= 4 is 11.8 Å². The van der Waals surface area contributed by atoms with Gasteiger partial charge in [0.05, 0.1) is 6.61 Å². The lowest BCUT2D eigenvalue weighted by molar-refractivity contribution is 0.184. The van der Waals surface area contributed by atoms with Crippen LogP contribution in [0.4, 0.5) is 4.39 Å². The second kappa shape index (κ2) is 8.78. The van der Waals surface area contributed by atoms with Gasteiger partial charge in [0.1, 0.15) is 11.6 Å². The predicted octanol–water partition coefficient (Wildman–Crippen LogP) is 3.95. The van der Waals surface area contributed by atoms with Gasteiger partial charge in [-0.15, -0.1) is 10.2 Å². The van der Waals surface area contributed by atoms with Crippen LogP contribution < -0.4 is 0 Å². The van der Waals surface area contributed by atoms with Gasteiger partial charge in [-0.25, -0.2) is 4.39 Å². The van der Waals surface area contributed by atoms with E-state index in [0.717, 1.165) is 11.0 Å². The number of hydrogen-bond acceptors (Lipinski definition) is 4. The molecule has 0 saturated carbocycles. The summed E-state index contributed by atoms with van der Waals surface area (Å²) in [4.78, 5) is 0. The number of aromatic nitrogens is 3. The zero-order chi connectivity index (χ0) is 17.5. The van der Waals surface area contributed by atoms with Gasteiger partial charge in [-0.1, -0.05) is 60.3 Å². The summed E-state index contributed by atoms with van der Waals surface area (Å²) >= 11 is 1.49. The van der Waals surface area contributed by atoms with Crippen molar-refractivity contribution in [1.29, 1.82) is 0 Å². The van der Waals surface area contributed by atoms with E-state index in [9.17, 15) is 4.39 Å². The normalized spacial score (nSPS) is 11.0. The Morgan fingerprint density at radius 1 is 1.04 bits per heavy atom. The van der Waals surface area contributed by atoms with Gasteiger partial charge in [-0.3, -0.25) is 0 Å². The average molecular weight is 357 g/mol. The number of hydrogen-bond donors (Lipinski definition) is 0. The fourth-order valence-corrected chi connectivity index (χ4v) is 3.47. The zero-order valence-corrected chi connectivity index (χ0v) is 14.9. The van der Waals surface area contributed by atoms with Crippen LogP contribution in [0, 0.1) is 5.82 Å². The first-order valence-electron chi connectivity index (χ1n) is 8.09. The van der Waals surface area contributed by atoms with E-state index in [2.05, 4.69) is 26.9 Å². The summed E-state index contributed by atoms with van der Waals surface area (Å²) < 4.78 is 21.1. The van der Waals surface area contributed by atoms with E-state index in [4.69, 9.17) is 4.74 Å². The Labute approximate surface area is 151 Å². The number of rotatable bonds is 8. The zero-order valence-electron chi connectivity index (χ0n) is 14.1. The highest BCUT2D eigenvalue weighted by Crippen LogP contribution is 2.24. The van der Waals surface area contributed by atoms with Crippen molar-refractivity contribution in [2.75, 3.05) is 13.7 Å². The third-order valence-corrected chi connectivity index (χ3v) is 4.85. The molecule has 3 rings (SSSR count). The average Bonchev–Trinajstić information content (AvgIpc) is 3.01. The summed E-state index contributed by atoms with van der Waals surface area (Å²) in [6.07, 6.45) is 0.706. The van der Waals surface area contributed by atoms with Gasteiger partial charge in [-0.05, 0) is 17.2 Å². The van der Waals surface area contributed by atoms with Crippen LogP contribution >= 0.6 is 11.8 Å². The van der Waals surface area contributed by atoms with E-state index < -0.39 is 0 Å². The molecule has 25 heavy (non-hydrogen) atoms. The van der Waals surface area contributed by atoms with Crippen molar-refractivity contribution in [3.05, 3.63) is 77.4 Å². The molecule has 0 aliphatic carbocycles. The van der Waals surface area contributed by atoms with Crippen LogP contribution in [0.25, 0.3) is 0 Å². The number of ether oxygens (including phenoxy) is 1. The third-order valence-electron chi connectivity index (χ3n) is 3.83. The largest absolute Gasteiger partial charge is 0.383 e. The number of benzene rings is 2. The Balaban J connectivity index is 1.77. The van der Waals surface area contributed by atoms with Crippen molar-refractivity contribution in [3.8, 4) is 0 Å². The van der Waals surface area contributed by atoms with Gasteiger partial charge in [0.15, 0.2) is 5.16 Å². The fourth-order valence-electron chi connectivity index (χ4n) is 2.50. The van der Waals surface area contributed by atoms with Gasteiger partial charge < -0.3 is 9.30 Å². The Bertz CT molecular complexity index is 807. The second-order valence-corrected chi connectivity index (χ2v) is 6.53. The molecule has 4 nitrogen and oxygen atoms in total. The molecule has 1 heterocycles. The van der Waals surface area contributed by atoms with E-state index in [1.54, 1.807) is 19.2 Å². The van der Waals surface area contributed by atoms with Crippen molar-refractivity contribution < 1.29 is 9.13 Å². The van der Waals surface area contributed by atoms with Crippen molar-refractivity contribution in [1.82, 2.24) is 14.8 Å². The molecule has 0 bridgehead atoms. The number of thioether (sulfide) groups is 1. The van der Waals surface area contributed by atoms with Gasteiger partial charge in [-0.2, -0.15) is 0 Å². The Morgan fingerprint density at radius 3 is 2.56 bits per heavy atom. The van der Waals surface area contributed by atoms with Crippen LogP contribution in [0.3, 0.4) is 0 Å². The second-order valence-electron chi connectivity index (χ2n) is 5.59. The summed E-state index contributed by atoms with van der Waals surface area (Å²) in [7, 11) is 1.67. The molecule has 0 aliphatic rings. The molecule has 0 aliphatic heterocycles. The highest BCUT2D eigenvalue weighted by Gasteiger charge is 2.14. The fraction of sp³-hybridized carbons (Fsp3) is 0.263. The molecule has 0 N–H and O–H groups in total. The van der Waals surface area contributed by atoms with E-state index in [1.165, 1.54) is 23.4 Å². The van der Waals surface area contributed by atoms with E-state index >= 15 is 0 Å². The van der Waals surface area contributed by atoms with Crippen LogP contribution in [0.2, 0.25) is 0 Å². The van der Waals surface area contributed by atoms with Gasteiger partial charge in [0, 0.05) is 25.8 Å². The molecule has 2 aromatic carbocycles. The lowest BCUT2D eigenvalue weighted by atomic mass is 10.1. The van der Waals surface area contributed by atoms with Gasteiger partial charge >= 0.3 is 0 Å². The first-order valence-corrected chi connectivity index (χ1v) is 9.07. The molecule has 1 aromatic heterocycles. The first-order chi connectivity index (χ1) is 12.3. The van der Waals surface area contributed by atoms with Crippen molar-refractivity contribution in [2.45, 2.75) is 23.9 Å². The predicted molar refractivity (Wildman–Crippen MR) is 97.1 cm³/mol. The molecule has 0 spiro atoms. The molecule has 6 heteroatoms. The Hall–Kier alpha value is -2.18. The summed E-state index contributed by atoms with van der Waals surface area (Å²) in [6.45, 7) is 1.25. The highest BCUT2D eigenvalue weighted by molar-refractivity contribution is 7.98. The van der Waals surface area contributed by atoms with Crippen molar-refractivity contribution in [3.63, 3.8) is 0 Å². The quantitative estimate of drug-likeness (QED) is 0.573. The third kappa shape index (κ3) is 4.67. The molecular formula is C19H20FN3OS. The van der Waals surface area contributed by atoms with E-state index in [-0.39, 0.29) is 5.82 Å². The molecule has 0 atom stereocenters.